The van der Waals surface area contributed by atoms with Gasteiger partial charge in [0.15, 0.2) is 9.84 Å². The van der Waals surface area contributed by atoms with Crippen LogP contribution in [-0.2, 0) is 19.3 Å². The van der Waals surface area contributed by atoms with Crippen LogP contribution in [0.3, 0.4) is 0 Å². The van der Waals surface area contributed by atoms with Crippen LogP contribution in [0.25, 0.3) is 21.5 Å². The second-order valence-corrected chi connectivity index (χ2v) is 20.4. The fraction of sp³-hybridized carbons (Fsp3) is 0.450. The van der Waals surface area contributed by atoms with E-state index in [0.29, 0.717) is 36.1 Å². The molecular weight excluding hydrogens is 828 g/mol. The quantitative estimate of drug-likeness (QED) is 0.202. The van der Waals surface area contributed by atoms with Gasteiger partial charge >= 0.3 is 12.2 Å². The van der Waals surface area contributed by atoms with Crippen molar-refractivity contribution in [2.75, 3.05) is 26.2 Å². The van der Waals surface area contributed by atoms with Crippen LogP contribution in [-0.4, -0.2) is 78.3 Å². The van der Waals surface area contributed by atoms with Crippen LogP contribution < -0.4 is 0 Å². The van der Waals surface area contributed by atoms with E-state index in [1.165, 1.54) is 15.7 Å². The number of rotatable bonds is 4. The number of nitrogens with zero attached hydrogens (tertiary/aromatic N) is 2. The number of amides is 2. The molecule has 280 valence electrons. The molecular formula is C40H48Br2N2O6S2. The second kappa shape index (κ2) is 16.7. The van der Waals surface area contributed by atoms with Crippen LogP contribution in [0.4, 0.5) is 9.59 Å². The molecule has 0 aromatic heterocycles. The average molecular weight is 877 g/mol. The Morgan fingerprint density at radius 1 is 0.635 bits per heavy atom. The highest BCUT2D eigenvalue weighted by Crippen LogP contribution is 2.38. The van der Waals surface area contributed by atoms with Gasteiger partial charge in [0, 0.05) is 50.7 Å². The lowest BCUT2D eigenvalue weighted by molar-refractivity contribution is 0.0208. The molecule has 2 amide bonds. The number of ether oxygens (including phenoxy) is 2. The van der Waals surface area contributed by atoms with Crippen LogP contribution in [0.5, 0.6) is 0 Å². The fourth-order valence-electron chi connectivity index (χ4n) is 6.34. The summed E-state index contributed by atoms with van der Waals surface area (Å²) in [5.41, 5.74) is -0.991. The molecule has 12 heteroatoms. The number of sulfone groups is 1. The molecule has 52 heavy (non-hydrogen) atoms. The maximum Gasteiger partial charge on any atom is 0.410 e. The van der Waals surface area contributed by atoms with E-state index in [4.69, 9.17) is 9.47 Å². The van der Waals surface area contributed by atoms with Crippen molar-refractivity contribution in [1.29, 1.82) is 0 Å². The number of benzene rings is 4. The highest BCUT2D eigenvalue weighted by Gasteiger charge is 2.35. The first-order valence-electron chi connectivity index (χ1n) is 17.6. The van der Waals surface area contributed by atoms with Crippen molar-refractivity contribution in [2.45, 2.75) is 98.7 Å². The van der Waals surface area contributed by atoms with Crippen LogP contribution >= 0.6 is 43.6 Å². The topological polar surface area (TPSA) is 93.2 Å². The van der Waals surface area contributed by atoms with E-state index in [1.807, 2.05) is 82.5 Å². The number of hydrogen-bond acceptors (Lipinski definition) is 7. The summed E-state index contributed by atoms with van der Waals surface area (Å²) in [5.74, 6) is 0. The van der Waals surface area contributed by atoms with Crippen molar-refractivity contribution in [1.82, 2.24) is 9.80 Å². The van der Waals surface area contributed by atoms with Gasteiger partial charge < -0.3 is 19.3 Å². The fourth-order valence-corrected chi connectivity index (χ4v) is 10.5. The van der Waals surface area contributed by atoms with E-state index in [-0.39, 0.29) is 12.2 Å². The zero-order valence-corrected chi connectivity index (χ0v) is 35.5. The summed E-state index contributed by atoms with van der Waals surface area (Å²) in [6.45, 7) is 13.5. The first-order chi connectivity index (χ1) is 24.4. The van der Waals surface area contributed by atoms with E-state index in [9.17, 15) is 18.0 Å². The van der Waals surface area contributed by atoms with Gasteiger partial charge in [-0.1, -0.05) is 80.4 Å². The van der Waals surface area contributed by atoms with Crippen molar-refractivity contribution in [3.8, 4) is 0 Å². The first kappa shape index (κ1) is 40.4. The highest BCUT2D eigenvalue weighted by atomic mass is 79.9. The van der Waals surface area contributed by atoms with Gasteiger partial charge in [-0.3, -0.25) is 0 Å². The molecule has 0 unspecified atom stereocenters. The van der Waals surface area contributed by atoms with E-state index >= 15 is 0 Å². The summed E-state index contributed by atoms with van der Waals surface area (Å²) in [6.07, 6.45) is 2.23. The number of carbonyl (C=O) groups is 2. The summed E-state index contributed by atoms with van der Waals surface area (Å²) in [7, 11) is -3.49. The molecule has 0 spiro atoms. The predicted octanol–water partition coefficient (Wildman–Crippen LogP) is 10.9. The highest BCUT2D eigenvalue weighted by molar-refractivity contribution is 9.11. The first-order valence-corrected chi connectivity index (χ1v) is 21.6. The number of fused-ring (bicyclic) bond motifs is 2. The summed E-state index contributed by atoms with van der Waals surface area (Å²) < 4.78 is 39.4. The summed E-state index contributed by atoms with van der Waals surface area (Å²) in [6, 6.07) is 23.7. The number of likely N-dealkylation sites (tertiary alicyclic amines) is 2. The lowest BCUT2D eigenvalue weighted by Crippen LogP contribution is -2.44. The zero-order chi connectivity index (χ0) is 37.8. The molecule has 0 radical (unpaired) electrons. The lowest BCUT2D eigenvalue weighted by atomic mass is 10.1. The van der Waals surface area contributed by atoms with Gasteiger partial charge in [-0.05, 0) is 108 Å². The van der Waals surface area contributed by atoms with Gasteiger partial charge in [-0.25, -0.2) is 18.0 Å². The Morgan fingerprint density at radius 2 is 1.06 bits per heavy atom. The van der Waals surface area contributed by atoms with Gasteiger partial charge in [-0.2, -0.15) is 0 Å². The molecule has 2 fully saturated rings. The monoisotopic (exact) mass is 874 g/mol. The van der Waals surface area contributed by atoms with Crippen molar-refractivity contribution in [3.63, 3.8) is 0 Å². The van der Waals surface area contributed by atoms with E-state index in [2.05, 4.69) is 68.3 Å². The molecule has 2 saturated heterocycles. The number of piperidine rings is 2. The molecule has 0 N–H and O–H groups in total. The average Bonchev–Trinajstić information content (AvgIpc) is 3.09. The maximum atomic E-state index is 13.3. The Morgan fingerprint density at radius 3 is 1.56 bits per heavy atom. The molecule has 0 aliphatic carbocycles. The molecule has 6 rings (SSSR count). The van der Waals surface area contributed by atoms with Crippen molar-refractivity contribution >= 4 is 87.2 Å². The van der Waals surface area contributed by atoms with Crippen LogP contribution in [0, 0.1) is 0 Å². The molecule has 4 aromatic rings. The third-order valence-corrected chi connectivity index (χ3v) is 14.0. The van der Waals surface area contributed by atoms with Gasteiger partial charge in [0.25, 0.3) is 0 Å². The lowest BCUT2D eigenvalue weighted by Gasteiger charge is -2.33. The van der Waals surface area contributed by atoms with Crippen LogP contribution in [0.2, 0.25) is 0 Å². The minimum atomic E-state index is -3.49. The normalized spacial score (nSPS) is 16.4. The van der Waals surface area contributed by atoms with E-state index in [0.717, 1.165) is 45.6 Å². The van der Waals surface area contributed by atoms with Gasteiger partial charge in [0.05, 0.1) is 10.1 Å². The molecule has 0 atom stereocenters. The van der Waals surface area contributed by atoms with E-state index < -0.39 is 26.3 Å². The van der Waals surface area contributed by atoms with Gasteiger partial charge in [-0.15, -0.1) is 11.8 Å². The zero-order valence-electron chi connectivity index (χ0n) is 30.7. The minimum Gasteiger partial charge on any atom is -0.444 e. The summed E-state index contributed by atoms with van der Waals surface area (Å²) in [4.78, 5) is 29.5. The van der Waals surface area contributed by atoms with Crippen molar-refractivity contribution in [3.05, 3.63) is 81.7 Å². The predicted molar refractivity (Wildman–Crippen MR) is 218 cm³/mol. The third-order valence-electron chi connectivity index (χ3n) is 8.89. The summed E-state index contributed by atoms with van der Waals surface area (Å²) in [5, 5.41) is 4.17. The number of halogens is 2. The molecule has 8 nitrogen and oxygen atoms in total. The Bertz CT molecular complexity index is 2010. The van der Waals surface area contributed by atoms with E-state index in [1.54, 1.807) is 17.0 Å². The number of carbonyl (C=O) groups excluding carboxylic acids is 2. The molecule has 2 aliphatic rings. The smallest absolute Gasteiger partial charge is 0.410 e. The Labute approximate surface area is 329 Å². The number of thioether (sulfide) groups is 1. The minimum absolute atomic E-state index is 0.190. The third kappa shape index (κ3) is 10.2. The SMILES string of the molecule is CC(C)(C)OC(=O)N1CCC(S(=O)(=O)c2ccc(Br)c3ccccc23)CC1.CC(C)(C)OC(=O)N1CCC(Sc2ccc(Br)c3ccccc23)CC1. The largest absolute Gasteiger partial charge is 0.444 e. The maximum absolute atomic E-state index is 13.3. The Kier molecular flexibility index (Phi) is 13.0. The molecule has 0 bridgehead atoms. The van der Waals surface area contributed by atoms with Crippen LogP contribution in [0.15, 0.2) is 91.5 Å². The number of hydrogen-bond donors (Lipinski definition) is 0. The second-order valence-electron chi connectivity index (χ2n) is 15.2. The van der Waals surface area contributed by atoms with Gasteiger partial charge in [0.1, 0.15) is 11.2 Å². The molecule has 2 heterocycles. The summed E-state index contributed by atoms with van der Waals surface area (Å²) >= 11 is 9.06. The standard InChI is InChI=1S/C20H24BrNO4S.C20H24BrNO2S/c1-20(2,3)26-19(23)22-12-10-14(11-13-22)27(24,25)18-9-8-17(21)15-6-4-5-7-16(15)18;1-20(2,3)24-19(23)22-12-10-14(11-13-22)25-18-9-8-17(21)15-6-4-5-7-16(15)18/h4-9,14H,10-13H2,1-3H3;4-9,14H,10-13H2,1-3H3. The van der Waals surface area contributed by atoms with Crippen molar-refractivity contribution < 1.29 is 27.5 Å². The molecule has 4 aromatic carbocycles. The molecule has 0 saturated carbocycles. The van der Waals surface area contributed by atoms with Crippen LogP contribution in [0.1, 0.15) is 67.2 Å². The molecule has 2 aliphatic heterocycles. The Hall–Kier alpha value is -2.80. The Balaban J connectivity index is 0.000000202. The van der Waals surface area contributed by atoms with Crippen molar-refractivity contribution in [2.24, 2.45) is 0 Å². The van der Waals surface area contributed by atoms with Gasteiger partial charge in [0.2, 0.25) is 0 Å².